The standard InChI is InChI=1S/C11H18N4/c1-8-6-10(4-5-14-8)15(3)9(2)7-11(12)13/h4-6,9H,7H2,1-3H3,(H3,12,13). The molecule has 0 aromatic carbocycles. The molecule has 15 heavy (non-hydrogen) atoms. The summed E-state index contributed by atoms with van der Waals surface area (Å²) in [5.41, 5.74) is 7.49. The van der Waals surface area contributed by atoms with Crippen molar-refractivity contribution >= 4 is 11.5 Å². The summed E-state index contributed by atoms with van der Waals surface area (Å²) in [6, 6.07) is 4.21. The van der Waals surface area contributed by atoms with Gasteiger partial charge >= 0.3 is 0 Å². The first kappa shape index (κ1) is 11.5. The third-order valence-corrected chi connectivity index (χ3v) is 2.46. The number of aryl methyl sites for hydroxylation is 1. The molecule has 1 unspecified atom stereocenters. The van der Waals surface area contributed by atoms with Gasteiger partial charge in [-0.25, -0.2) is 0 Å². The Morgan fingerprint density at radius 1 is 1.67 bits per heavy atom. The van der Waals surface area contributed by atoms with E-state index in [0.29, 0.717) is 6.42 Å². The first-order valence-corrected chi connectivity index (χ1v) is 4.99. The summed E-state index contributed by atoms with van der Waals surface area (Å²) in [6.07, 6.45) is 2.37. The summed E-state index contributed by atoms with van der Waals surface area (Å²) >= 11 is 0. The number of amidine groups is 1. The molecular formula is C11H18N4. The molecule has 0 amide bonds. The molecule has 1 aromatic rings. The minimum atomic E-state index is 0.222. The van der Waals surface area contributed by atoms with Crippen molar-refractivity contribution in [3.05, 3.63) is 24.0 Å². The number of nitrogens with two attached hydrogens (primary N) is 1. The van der Waals surface area contributed by atoms with E-state index in [1.54, 1.807) is 6.20 Å². The smallest absolute Gasteiger partial charge is 0.0925 e. The molecule has 0 aliphatic heterocycles. The van der Waals surface area contributed by atoms with Crippen molar-refractivity contribution in [1.29, 1.82) is 5.41 Å². The average Bonchev–Trinajstić information content (AvgIpc) is 2.15. The summed E-state index contributed by atoms with van der Waals surface area (Å²) in [5, 5.41) is 7.26. The maximum atomic E-state index is 7.26. The van der Waals surface area contributed by atoms with Crippen LogP contribution >= 0.6 is 0 Å². The maximum absolute atomic E-state index is 7.26. The molecule has 1 atom stereocenters. The molecule has 1 aromatic heterocycles. The highest BCUT2D eigenvalue weighted by Crippen LogP contribution is 2.16. The van der Waals surface area contributed by atoms with E-state index in [-0.39, 0.29) is 11.9 Å². The Balaban J connectivity index is 2.75. The summed E-state index contributed by atoms with van der Waals surface area (Å²) in [6.45, 7) is 4.02. The zero-order valence-electron chi connectivity index (χ0n) is 9.49. The molecule has 0 radical (unpaired) electrons. The number of anilines is 1. The molecule has 0 saturated carbocycles. The lowest BCUT2D eigenvalue weighted by Crippen LogP contribution is -2.32. The topological polar surface area (TPSA) is 66.0 Å². The van der Waals surface area contributed by atoms with Crippen LogP contribution in [-0.2, 0) is 0 Å². The second kappa shape index (κ2) is 4.77. The van der Waals surface area contributed by atoms with E-state index < -0.39 is 0 Å². The lowest BCUT2D eigenvalue weighted by Gasteiger charge is -2.26. The molecule has 0 aliphatic rings. The normalized spacial score (nSPS) is 12.2. The molecule has 0 aliphatic carbocycles. The lowest BCUT2D eigenvalue weighted by molar-refractivity contribution is 0.708. The minimum Gasteiger partial charge on any atom is -0.388 e. The highest BCUT2D eigenvalue weighted by atomic mass is 15.1. The van der Waals surface area contributed by atoms with Crippen LogP contribution in [0.5, 0.6) is 0 Å². The van der Waals surface area contributed by atoms with E-state index in [1.807, 2.05) is 26.1 Å². The van der Waals surface area contributed by atoms with Crippen LogP contribution in [0.15, 0.2) is 18.3 Å². The van der Waals surface area contributed by atoms with Gasteiger partial charge in [-0.15, -0.1) is 0 Å². The van der Waals surface area contributed by atoms with Gasteiger partial charge in [-0.05, 0) is 26.0 Å². The number of aromatic nitrogens is 1. The highest BCUT2D eigenvalue weighted by molar-refractivity contribution is 5.78. The van der Waals surface area contributed by atoms with Crippen molar-refractivity contribution in [3.8, 4) is 0 Å². The van der Waals surface area contributed by atoms with Crippen LogP contribution in [-0.4, -0.2) is 23.9 Å². The van der Waals surface area contributed by atoms with Crippen molar-refractivity contribution in [1.82, 2.24) is 4.98 Å². The zero-order valence-corrected chi connectivity index (χ0v) is 9.49. The second-order valence-corrected chi connectivity index (χ2v) is 3.84. The van der Waals surface area contributed by atoms with Gasteiger partial charge in [0, 0.05) is 37.1 Å². The summed E-state index contributed by atoms with van der Waals surface area (Å²) in [5.74, 6) is 0.222. The number of pyridine rings is 1. The van der Waals surface area contributed by atoms with E-state index in [9.17, 15) is 0 Å². The van der Waals surface area contributed by atoms with Crippen molar-refractivity contribution < 1.29 is 0 Å². The number of hydrogen-bond acceptors (Lipinski definition) is 3. The number of rotatable bonds is 4. The molecule has 1 rings (SSSR count). The molecule has 1 heterocycles. The third kappa shape index (κ3) is 3.23. The third-order valence-electron chi connectivity index (χ3n) is 2.46. The number of nitrogens with one attached hydrogen (secondary N) is 1. The Labute approximate surface area is 90.6 Å². The monoisotopic (exact) mass is 206 g/mol. The fourth-order valence-electron chi connectivity index (χ4n) is 1.46. The lowest BCUT2D eigenvalue weighted by atomic mass is 10.2. The molecule has 3 N–H and O–H groups in total. The predicted molar refractivity (Wildman–Crippen MR) is 63.4 cm³/mol. The minimum absolute atomic E-state index is 0.222. The van der Waals surface area contributed by atoms with Crippen LogP contribution in [0.25, 0.3) is 0 Å². The van der Waals surface area contributed by atoms with Crippen molar-refractivity contribution in [2.75, 3.05) is 11.9 Å². The van der Waals surface area contributed by atoms with Gasteiger partial charge in [0.15, 0.2) is 0 Å². The molecule has 0 fully saturated rings. The fraction of sp³-hybridized carbons (Fsp3) is 0.455. The molecule has 0 bridgehead atoms. The number of hydrogen-bond donors (Lipinski definition) is 2. The Morgan fingerprint density at radius 2 is 2.33 bits per heavy atom. The van der Waals surface area contributed by atoms with Crippen LogP contribution in [0.3, 0.4) is 0 Å². The highest BCUT2D eigenvalue weighted by Gasteiger charge is 2.11. The van der Waals surface area contributed by atoms with Gasteiger partial charge < -0.3 is 10.6 Å². The predicted octanol–water partition coefficient (Wildman–Crippen LogP) is 1.54. The van der Waals surface area contributed by atoms with Crippen LogP contribution in [0.4, 0.5) is 5.69 Å². The SMILES string of the molecule is Cc1cc(N(C)C(C)CC(=N)N)ccn1. The maximum Gasteiger partial charge on any atom is 0.0925 e. The Kier molecular flexibility index (Phi) is 3.66. The van der Waals surface area contributed by atoms with Gasteiger partial charge in [0.2, 0.25) is 0 Å². The first-order valence-electron chi connectivity index (χ1n) is 4.99. The molecule has 82 valence electrons. The van der Waals surface area contributed by atoms with Gasteiger partial charge in [0.1, 0.15) is 0 Å². The Hall–Kier alpha value is -1.58. The first-order chi connectivity index (χ1) is 7.00. The van der Waals surface area contributed by atoms with Crippen molar-refractivity contribution in [2.45, 2.75) is 26.3 Å². The van der Waals surface area contributed by atoms with E-state index in [1.165, 1.54) is 0 Å². The average molecular weight is 206 g/mol. The Morgan fingerprint density at radius 3 is 2.87 bits per heavy atom. The van der Waals surface area contributed by atoms with E-state index in [0.717, 1.165) is 11.4 Å². The van der Waals surface area contributed by atoms with Crippen molar-refractivity contribution in [3.63, 3.8) is 0 Å². The molecule has 0 saturated heterocycles. The summed E-state index contributed by atoms with van der Waals surface area (Å²) in [7, 11) is 2.00. The number of nitrogens with zero attached hydrogens (tertiary/aromatic N) is 2. The summed E-state index contributed by atoms with van der Waals surface area (Å²) in [4.78, 5) is 6.26. The zero-order chi connectivity index (χ0) is 11.4. The van der Waals surface area contributed by atoms with Crippen LogP contribution in [0.2, 0.25) is 0 Å². The van der Waals surface area contributed by atoms with Gasteiger partial charge in [-0.1, -0.05) is 0 Å². The van der Waals surface area contributed by atoms with Crippen LogP contribution in [0, 0.1) is 12.3 Å². The quantitative estimate of drug-likeness (QED) is 0.580. The second-order valence-electron chi connectivity index (χ2n) is 3.84. The van der Waals surface area contributed by atoms with E-state index in [4.69, 9.17) is 11.1 Å². The van der Waals surface area contributed by atoms with Gasteiger partial charge in [0.25, 0.3) is 0 Å². The molecule has 4 heteroatoms. The van der Waals surface area contributed by atoms with Crippen LogP contribution < -0.4 is 10.6 Å². The van der Waals surface area contributed by atoms with E-state index in [2.05, 4.69) is 16.8 Å². The molecule has 4 nitrogen and oxygen atoms in total. The van der Waals surface area contributed by atoms with Gasteiger partial charge in [-0.3, -0.25) is 10.4 Å². The molecule has 0 spiro atoms. The van der Waals surface area contributed by atoms with Crippen molar-refractivity contribution in [2.24, 2.45) is 5.73 Å². The Bertz CT molecular complexity index is 348. The largest absolute Gasteiger partial charge is 0.388 e. The van der Waals surface area contributed by atoms with Crippen LogP contribution in [0.1, 0.15) is 19.0 Å². The summed E-state index contributed by atoms with van der Waals surface area (Å²) < 4.78 is 0. The van der Waals surface area contributed by atoms with Gasteiger partial charge in [-0.2, -0.15) is 0 Å². The van der Waals surface area contributed by atoms with Gasteiger partial charge in [0.05, 0.1) is 5.84 Å². The fourth-order valence-corrected chi connectivity index (χ4v) is 1.46. The molecular weight excluding hydrogens is 188 g/mol. The van der Waals surface area contributed by atoms with E-state index >= 15 is 0 Å².